The predicted molar refractivity (Wildman–Crippen MR) is 89.8 cm³/mol. The van der Waals surface area contributed by atoms with Gasteiger partial charge in [0.15, 0.2) is 4.77 Å². The van der Waals surface area contributed by atoms with Crippen LogP contribution in [0.5, 0.6) is 0 Å². The molecule has 2 aromatic carbocycles. The largest absolute Gasteiger partial charge is 0.331 e. The van der Waals surface area contributed by atoms with E-state index < -0.39 is 0 Å². The summed E-state index contributed by atoms with van der Waals surface area (Å²) >= 11 is 8.88. The van der Waals surface area contributed by atoms with Crippen molar-refractivity contribution < 1.29 is 4.39 Å². The Bertz CT molecular complexity index is 882. The number of aryl methyl sites for hydroxylation is 1. The van der Waals surface area contributed by atoms with Crippen molar-refractivity contribution in [3.05, 3.63) is 62.6 Å². The fourth-order valence-corrected chi connectivity index (χ4v) is 3.23. The van der Waals surface area contributed by atoms with Gasteiger partial charge in [-0.1, -0.05) is 28.1 Å². The van der Waals surface area contributed by atoms with E-state index in [1.165, 1.54) is 0 Å². The maximum Gasteiger partial charge on any atom is 0.178 e. The number of nitrogens with one attached hydrogen (secondary N) is 1. The van der Waals surface area contributed by atoms with E-state index in [0.29, 0.717) is 10.3 Å². The lowest BCUT2D eigenvalue weighted by atomic mass is 10.1. The maximum absolute atomic E-state index is 13.8. The minimum absolute atomic E-state index is 0.0393. The van der Waals surface area contributed by atoms with Crippen LogP contribution in [-0.4, -0.2) is 9.55 Å². The molecule has 0 spiro atoms. The number of aromatic amines is 1. The summed E-state index contributed by atoms with van der Waals surface area (Å²) in [7, 11) is 0. The van der Waals surface area contributed by atoms with Gasteiger partial charge in [-0.15, -0.1) is 0 Å². The summed E-state index contributed by atoms with van der Waals surface area (Å²) in [5.41, 5.74) is 3.53. The van der Waals surface area contributed by atoms with Gasteiger partial charge >= 0.3 is 0 Å². The van der Waals surface area contributed by atoms with Crippen LogP contribution in [0.3, 0.4) is 0 Å². The van der Waals surface area contributed by atoms with Gasteiger partial charge in [-0.05, 0) is 61.5 Å². The van der Waals surface area contributed by atoms with Crippen molar-refractivity contribution in [2.24, 2.45) is 0 Å². The molecule has 1 atom stereocenters. The molecule has 0 radical (unpaired) electrons. The molecule has 0 aliphatic rings. The zero-order valence-corrected chi connectivity index (χ0v) is 14.1. The summed E-state index contributed by atoms with van der Waals surface area (Å²) in [6, 6.07) is 11.3. The second-order valence-electron chi connectivity index (χ2n) is 5.15. The quantitative estimate of drug-likeness (QED) is 0.593. The van der Waals surface area contributed by atoms with E-state index in [1.807, 2.05) is 35.8 Å². The molecule has 108 valence electrons. The van der Waals surface area contributed by atoms with E-state index >= 15 is 0 Å². The fourth-order valence-electron chi connectivity index (χ4n) is 2.51. The number of aromatic nitrogens is 2. The lowest BCUT2D eigenvalue weighted by Crippen LogP contribution is -2.07. The van der Waals surface area contributed by atoms with Crippen molar-refractivity contribution in [1.29, 1.82) is 0 Å². The van der Waals surface area contributed by atoms with E-state index in [4.69, 9.17) is 12.2 Å². The normalized spacial score (nSPS) is 12.8. The van der Waals surface area contributed by atoms with E-state index in [2.05, 4.69) is 20.9 Å². The van der Waals surface area contributed by atoms with Gasteiger partial charge in [-0.3, -0.25) is 0 Å². The first-order valence-corrected chi connectivity index (χ1v) is 7.83. The first-order chi connectivity index (χ1) is 9.97. The van der Waals surface area contributed by atoms with Gasteiger partial charge in [-0.25, -0.2) is 4.39 Å². The Morgan fingerprint density at radius 3 is 2.71 bits per heavy atom. The third-order valence-corrected chi connectivity index (χ3v) is 4.54. The van der Waals surface area contributed by atoms with Crippen molar-refractivity contribution in [1.82, 2.24) is 9.55 Å². The fraction of sp³-hybridized carbons (Fsp3) is 0.188. The molecular weight excluding hydrogens is 351 g/mol. The van der Waals surface area contributed by atoms with Gasteiger partial charge in [-0.2, -0.15) is 0 Å². The minimum atomic E-state index is -0.187. The van der Waals surface area contributed by atoms with Crippen molar-refractivity contribution in [3.63, 3.8) is 0 Å². The Hall–Kier alpha value is -1.46. The first-order valence-electron chi connectivity index (χ1n) is 6.63. The molecule has 0 amide bonds. The van der Waals surface area contributed by atoms with Gasteiger partial charge in [0.2, 0.25) is 0 Å². The first kappa shape index (κ1) is 14.5. The third kappa shape index (κ3) is 2.56. The van der Waals surface area contributed by atoms with E-state index in [9.17, 15) is 4.39 Å². The van der Waals surface area contributed by atoms with Crippen molar-refractivity contribution in [3.8, 4) is 0 Å². The number of H-pyrrole nitrogens is 1. The molecule has 2 nitrogen and oxygen atoms in total. The Morgan fingerprint density at radius 1 is 1.24 bits per heavy atom. The van der Waals surface area contributed by atoms with Crippen LogP contribution < -0.4 is 0 Å². The van der Waals surface area contributed by atoms with Crippen LogP contribution in [0.4, 0.5) is 4.39 Å². The standard InChI is InChI=1S/C16H14BrFN2S/c1-9-3-4-11(7-13(9)18)10(2)20-15-6-5-12(17)8-14(15)19-16(20)21/h3-8,10H,1-2H3,(H,19,21). The number of rotatable bonds is 2. The van der Waals surface area contributed by atoms with Crippen LogP contribution in [0, 0.1) is 17.5 Å². The molecule has 5 heteroatoms. The van der Waals surface area contributed by atoms with Gasteiger partial charge < -0.3 is 9.55 Å². The van der Waals surface area contributed by atoms with E-state index in [1.54, 1.807) is 19.1 Å². The zero-order valence-electron chi connectivity index (χ0n) is 11.7. The summed E-state index contributed by atoms with van der Waals surface area (Å²) in [5, 5.41) is 0. The molecule has 1 aromatic heterocycles. The average Bonchev–Trinajstić information content (AvgIpc) is 2.76. The highest BCUT2D eigenvalue weighted by molar-refractivity contribution is 9.10. The highest BCUT2D eigenvalue weighted by Gasteiger charge is 2.14. The summed E-state index contributed by atoms with van der Waals surface area (Å²) in [6.45, 7) is 3.79. The number of benzene rings is 2. The van der Waals surface area contributed by atoms with Gasteiger partial charge in [0.05, 0.1) is 17.1 Å². The SMILES string of the molecule is Cc1ccc(C(C)n2c(=S)[nH]c3cc(Br)ccc32)cc1F. The van der Waals surface area contributed by atoms with Crippen molar-refractivity contribution in [2.75, 3.05) is 0 Å². The molecule has 0 aliphatic carbocycles. The van der Waals surface area contributed by atoms with Crippen LogP contribution in [-0.2, 0) is 0 Å². The minimum Gasteiger partial charge on any atom is -0.331 e. The second kappa shape index (κ2) is 5.39. The van der Waals surface area contributed by atoms with Gasteiger partial charge in [0, 0.05) is 4.47 Å². The Balaban J connectivity index is 2.17. The molecular formula is C16H14BrFN2S. The molecule has 0 aliphatic heterocycles. The van der Waals surface area contributed by atoms with Crippen LogP contribution >= 0.6 is 28.1 Å². The number of nitrogens with zero attached hydrogens (tertiary/aromatic N) is 1. The van der Waals surface area contributed by atoms with E-state index in [0.717, 1.165) is 21.1 Å². The number of halogens is 2. The predicted octanol–water partition coefficient (Wildman–Crippen LogP) is 5.52. The van der Waals surface area contributed by atoms with Crippen LogP contribution in [0.25, 0.3) is 11.0 Å². The smallest absolute Gasteiger partial charge is 0.178 e. The maximum atomic E-state index is 13.8. The monoisotopic (exact) mass is 364 g/mol. The molecule has 0 fully saturated rings. The van der Waals surface area contributed by atoms with Gasteiger partial charge in [0.25, 0.3) is 0 Å². The topological polar surface area (TPSA) is 20.7 Å². The summed E-state index contributed by atoms with van der Waals surface area (Å²) in [5.74, 6) is -0.187. The number of fused-ring (bicyclic) bond motifs is 1. The molecule has 0 saturated carbocycles. The molecule has 1 unspecified atom stereocenters. The Morgan fingerprint density at radius 2 is 2.00 bits per heavy atom. The molecule has 21 heavy (non-hydrogen) atoms. The molecule has 1 heterocycles. The Kier molecular flexibility index (Phi) is 3.71. The average molecular weight is 365 g/mol. The number of imidazole rings is 1. The number of hydrogen-bond donors (Lipinski definition) is 1. The summed E-state index contributed by atoms with van der Waals surface area (Å²) in [6.07, 6.45) is 0. The highest BCUT2D eigenvalue weighted by atomic mass is 79.9. The van der Waals surface area contributed by atoms with Crippen molar-refractivity contribution >= 4 is 39.2 Å². The van der Waals surface area contributed by atoms with Crippen LogP contribution in [0.15, 0.2) is 40.9 Å². The van der Waals surface area contributed by atoms with Gasteiger partial charge in [0.1, 0.15) is 5.82 Å². The Labute approximate surface area is 135 Å². The number of hydrogen-bond acceptors (Lipinski definition) is 1. The zero-order chi connectivity index (χ0) is 15.1. The molecule has 1 N–H and O–H groups in total. The molecule has 3 rings (SSSR count). The van der Waals surface area contributed by atoms with Crippen LogP contribution in [0.1, 0.15) is 24.1 Å². The molecule has 0 bridgehead atoms. The highest BCUT2D eigenvalue weighted by Crippen LogP contribution is 2.27. The second-order valence-corrected chi connectivity index (χ2v) is 6.45. The third-order valence-electron chi connectivity index (χ3n) is 3.74. The van der Waals surface area contributed by atoms with Crippen LogP contribution in [0.2, 0.25) is 0 Å². The van der Waals surface area contributed by atoms with Crippen molar-refractivity contribution in [2.45, 2.75) is 19.9 Å². The molecule has 0 saturated heterocycles. The summed E-state index contributed by atoms with van der Waals surface area (Å²) in [4.78, 5) is 3.20. The lowest BCUT2D eigenvalue weighted by molar-refractivity contribution is 0.600. The molecule has 3 aromatic rings. The lowest BCUT2D eigenvalue weighted by Gasteiger charge is -2.16. The van der Waals surface area contributed by atoms with E-state index in [-0.39, 0.29) is 11.9 Å². The summed E-state index contributed by atoms with van der Waals surface area (Å²) < 4.78 is 17.4.